The molecular formula is C16H28N2O. The number of nitrogens with one attached hydrogen (secondary N) is 1. The van der Waals surface area contributed by atoms with Crippen molar-refractivity contribution in [2.75, 3.05) is 45.2 Å². The number of hydrogen-bond acceptors (Lipinski definition) is 3. The van der Waals surface area contributed by atoms with Gasteiger partial charge in [0.2, 0.25) is 0 Å². The molecule has 0 bridgehead atoms. The highest BCUT2D eigenvalue weighted by Gasteiger charge is 2.06. The Bertz CT molecular complexity index is 335. The molecule has 0 spiro atoms. The van der Waals surface area contributed by atoms with Gasteiger partial charge in [-0.05, 0) is 25.0 Å². The highest BCUT2D eigenvalue weighted by molar-refractivity contribution is 5.44. The van der Waals surface area contributed by atoms with Gasteiger partial charge in [-0.1, -0.05) is 31.5 Å². The normalized spacial score (nSPS) is 11.3. The van der Waals surface area contributed by atoms with Crippen LogP contribution in [0.4, 0.5) is 5.69 Å². The quantitative estimate of drug-likeness (QED) is 0.742. The first-order valence-electron chi connectivity index (χ1n) is 7.13. The van der Waals surface area contributed by atoms with Crippen LogP contribution in [-0.4, -0.2) is 44.8 Å². The molecule has 0 amide bonds. The lowest BCUT2D eigenvalue weighted by atomic mass is 10.2. The van der Waals surface area contributed by atoms with Crippen LogP contribution in [0.5, 0.6) is 0 Å². The maximum absolute atomic E-state index is 5.17. The van der Waals surface area contributed by atoms with E-state index in [4.69, 9.17) is 4.74 Å². The zero-order valence-electron chi connectivity index (χ0n) is 12.8. The number of methoxy groups -OCH3 is 1. The molecule has 0 aliphatic rings. The molecule has 0 heterocycles. The third-order valence-corrected chi connectivity index (χ3v) is 3.04. The number of benzene rings is 1. The lowest BCUT2D eigenvalue weighted by Crippen LogP contribution is -2.34. The Kier molecular flexibility index (Phi) is 7.53. The second-order valence-corrected chi connectivity index (χ2v) is 5.48. The second kappa shape index (κ2) is 8.94. The van der Waals surface area contributed by atoms with Crippen LogP contribution in [0.25, 0.3) is 0 Å². The fourth-order valence-electron chi connectivity index (χ4n) is 2.06. The summed E-state index contributed by atoms with van der Waals surface area (Å²) >= 11 is 0. The molecule has 108 valence electrons. The topological polar surface area (TPSA) is 24.5 Å². The van der Waals surface area contributed by atoms with Gasteiger partial charge in [0.15, 0.2) is 0 Å². The summed E-state index contributed by atoms with van der Waals surface area (Å²) in [4.78, 5) is 2.45. The molecule has 0 atom stereocenters. The molecule has 1 aromatic carbocycles. The number of anilines is 1. The van der Waals surface area contributed by atoms with Crippen molar-refractivity contribution >= 4 is 5.69 Å². The maximum Gasteiger partial charge on any atom is 0.0589 e. The molecule has 1 aromatic rings. The number of nitrogens with zero attached hydrogens (tertiary/aromatic N) is 1. The van der Waals surface area contributed by atoms with Crippen molar-refractivity contribution in [3.63, 3.8) is 0 Å². The summed E-state index contributed by atoms with van der Waals surface area (Å²) in [6.07, 6.45) is 0. The standard InChI is InChI=1S/C16H28N2O/c1-14(2)13-18(11-12-19-4)10-9-17-16-7-5-15(3)6-8-16/h5-8,14,17H,9-13H2,1-4H3. The van der Waals surface area contributed by atoms with Gasteiger partial charge in [-0.15, -0.1) is 0 Å². The van der Waals surface area contributed by atoms with E-state index in [1.54, 1.807) is 7.11 Å². The minimum atomic E-state index is 0.691. The first-order valence-corrected chi connectivity index (χ1v) is 7.13. The molecule has 0 aliphatic heterocycles. The zero-order chi connectivity index (χ0) is 14.1. The van der Waals surface area contributed by atoms with Gasteiger partial charge in [0.05, 0.1) is 6.61 Å². The van der Waals surface area contributed by atoms with Crippen LogP contribution in [0.3, 0.4) is 0 Å². The summed E-state index contributed by atoms with van der Waals surface area (Å²) in [6, 6.07) is 8.55. The Morgan fingerprint density at radius 2 is 1.84 bits per heavy atom. The Morgan fingerprint density at radius 3 is 2.42 bits per heavy atom. The van der Waals surface area contributed by atoms with Crippen LogP contribution in [0, 0.1) is 12.8 Å². The average molecular weight is 264 g/mol. The summed E-state index contributed by atoms with van der Waals surface area (Å²) in [5, 5.41) is 3.47. The number of aryl methyl sites for hydroxylation is 1. The van der Waals surface area contributed by atoms with Crippen LogP contribution in [0.15, 0.2) is 24.3 Å². The molecule has 3 heteroatoms. The van der Waals surface area contributed by atoms with E-state index in [1.165, 1.54) is 11.3 Å². The van der Waals surface area contributed by atoms with E-state index >= 15 is 0 Å². The summed E-state index contributed by atoms with van der Waals surface area (Å²) in [6.45, 7) is 11.6. The third kappa shape index (κ3) is 7.19. The van der Waals surface area contributed by atoms with E-state index in [1.807, 2.05) is 0 Å². The summed E-state index contributed by atoms with van der Waals surface area (Å²) in [5.41, 5.74) is 2.49. The van der Waals surface area contributed by atoms with Gasteiger partial charge in [0.1, 0.15) is 0 Å². The smallest absolute Gasteiger partial charge is 0.0589 e. The lowest BCUT2D eigenvalue weighted by molar-refractivity contribution is 0.143. The van der Waals surface area contributed by atoms with Gasteiger partial charge in [0.25, 0.3) is 0 Å². The highest BCUT2D eigenvalue weighted by atomic mass is 16.5. The van der Waals surface area contributed by atoms with Crippen molar-refractivity contribution in [2.24, 2.45) is 5.92 Å². The van der Waals surface area contributed by atoms with Gasteiger partial charge in [-0.3, -0.25) is 4.90 Å². The summed E-state index contributed by atoms with van der Waals surface area (Å²) in [7, 11) is 1.76. The van der Waals surface area contributed by atoms with Gasteiger partial charge in [-0.25, -0.2) is 0 Å². The fourth-order valence-corrected chi connectivity index (χ4v) is 2.06. The molecule has 0 aromatic heterocycles. The lowest BCUT2D eigenvalue weighted by Gasteiger charge is -2.24. The molecule has 0 unspecified atom stereocenters. The second-order valence-electron chi connectivity index (χ2n) is 5.48. The van der Waals surface area contributed by atoms with Crippen molar-refractivity contribution in [3.05, 3.63) is 29.8 Å². The minimum absolute atomic E-state index is 0.691. The van der Waals surface area contributed by atoms with E-state index < -0.39 is 0 Å². The SMILES string of the molecule is COCCN(CCNc1ccc(C)cc1)CC(C)C. The van der Waals surface area contributed by atoms with Gasteiger partial charge >= 0.3 is 0 Å². The Balaban J connectivity index is 2.32. The van der Waals surface area contributed by atoms with Crippen LogP contribution >= 0.6 is 0 Å². The molecule has 0 fully saturated rings. The highest BCUT2D eigenvalue weighted by Crippen LogP contribution is 2.08. The zero-order valence-corrected chi connectivity index (χ0v) is 12.8. The van der Waals surface area contributed by atoms with E-state index in [0.717, 1.165) is 32.8 Å². The number of ether oxygens (including phenoxy) is 1. The molecule has 3 nitrogen and oxygen atoms in total. The van der Waals surface area contributed by atoms with E-state index in [0.29, 0.717) is 5.92 Å². The van der Waals surface area contributed by atoms with Crippen molar-refractivity contribution in [3.8, 4) is 0 Å². The Hall–Kier alpha value is -1.06. The van der Waals surface area contributed by atoms with Crippen molar-refractivity contribution in [1.82, 2.24) is 4.90 Å². The average Bonchev–Trinajstić information content (AvgIpc) is 2.37. The van der Waals surface area contributed by atoms with Gasteiger partial charge in [0, 0.05) is 39.0 Å². The molecular weight excluding hydrogens is 236 g/mol. The minimum Gasteiger partial charge on any atom is -0.384 e. The van der Waals surface area contributed by atoms with Gasteiger partial charge in [-0.2, -0.15) is 0 Å². The fraction of sp³-hybridized carbons (Fsp3) is 0.625. The monoisotopic (exact) mass is 264 g/mol. The molecule has 0 saturated heterocycles. The number of hydrogen-bond donors (Lipinski definition) is 1. The van der Waals surface area contributed by atoms with Gasteiger partial charge < -0.3 is 10.1 Å². The van der Waals surface area contributed by atoms with E-state index in [-0.39, 0.29) is 0 Å². The largest absolute Gasteiger partial charge is 0.384 e. The summed E-state index contributed by atoms with van der Waals surface area (Å²) in [5.74, 6) is 0.691. The molecule has 0 aliphatic carbocycles. The third-order valence-electron chi connectivity index (χ3n) is 3.04. The van der Waals surface area contributed by atoms with Crippen molar-refractivity contribution < 1.29 is 4.74 Å². The van der Waals surface area contributed by atoms with E-state index in [2.05, 4.69) is 55.3 Å². The van der Waals surface area contributed by atoms with Crippen LogP contribution in [-0.2, 0) is 4.74 Å². The maximum atomic E-state index is 5.17. The van der Waals surface area contributed by atoms with Crippen molar-refractivity contribution in [1.29, 1.82) is 0 Å². The molecule has 1 rings (SSSR count). The predicted molar refractivity (Wildman–Crippen MR) is 82.8 cm³/mol. The number of rotatable bonds is 9. The molecule has 0 saturated carbocycles. The van der Waals surface area contributed by atoms with Crippen LogP contribution < -0.4 is 5.32 Å². The Morgan fingerprint density at radius 1 is 1.16 bits per heavy atom. The Labute approximate surface area is 118 Å². The van der Waals surface area contributed by atoms with Crippen LogP contribution in [0.1, 0.15) is 19.4 Å². The molecule has 1 N–H and O–H groups in total. The van der Waals surface area contributed by atoms with Crippen molar-refractivity contribution in [2.45, 2.75) is 20.8 Å². The first kappa shape index (κ1) is 16.0. The van der Waals surface area contributed by atoms with E-state index in [9.17, 15) is 0 Å². The first-order chi connectivity index (χ1) is 9.11. The molecule has 19 heavy (non-hydrogen) atoms. The predicted octanol–water partition coefficient (Wildman–Crippen LogP) is 3.01. The van der Waals surface area contributed by atoms with Crippen LogP contribution in [0.2, 0.25) is 0 Å². The summed E-state index contributed by atoms with van der Waals surface area (Å²) < 4.78 is 5.17. The molecule has 0 radical (unpaired) electrons.